The minimum absolute atomic E-state index is 0.00574. The van der Waals surface area contributed by atoms with Crippen LogP contribution in [0.1, 0.15) is 0 Å². The number of aliphatic carboxylic acids is 1. The van der Waals surface area contributed by atoms with Gasteiger partial charge in [-0.15, -0.1) is 0 Å². The summed E-state index contributed by atoms with van der Waals surface area (Å²) in [6.45, 7) is 0. The molecule has 1 amide bonds. The lowest BCUT2D eigenvalue weighted by molar-refractivity contribution is -0.147. The Morgan fingerprint density at radius 2 is 2.15 bits per heavy atom. The van der Waals surface area contributed by atoms with Gasteiger partial charge in [0.15, 0.2) is 0 Å². The predicted octanol–water partition coefficient (Wildman–Crippen LogP) is 0.244. The number of rotatable bonds is 1. The van der Waals surface area contributed by atoms with Crippen LogP contribution in [0.15, 0.2) is 18.3 Å². The maximum atomic E-state index is 12.3. The molecule has 68 valence electrons. The molecule has 0 aliphatic carbocycles. The van der Waals surface area contributed by atoms with Crippen LogP contribution in [-0.4, -0.2) is 22.0 Å². The van der Waals surface area contributed by atoms with Gasteiger partial charge in [0.2, 0.25) is 0 Å². The van der Waals surface area contributed by atoms with Crippen LogP contribution in [0.3, 0.4) is 0 Å². The van der Waals surface area contributed by atoms with E-state index in [1.165, 1.54) is 0 Å². The monoisotopic (exact) mass is 184 g/mol. The number of halogens is 1. The van der Waals surface area contributed by atoms with Crippen molar-refractivity contribution in [2.24, 2.45) is 0 Å². The molecule has 0 saturated heterocycles. The van der Waals surface area contributed by atoms with Gasteiger partial charge in [0.1, 0.15) is 11.6 Å². The smallest absolute Gasteiger partial charge is 0.394 e. The van der Waals surface area contributed by atoms with Crippen molar-refractivity contribution in [2.45, 2.75) is 0 Å². The summed E-state index contributed by atoms with van der Waals surface area (Å²) in [5, 5.41) is 10.1. The maximum Gasteiger partial charge on any atom is 0.394 e. The quantitative estimate of drug-likeness (QED) is 0.613. The fourth-order valence-electron chi connectivity index (χ4n) is 0.620. The van der Waals surface area contributed by atoms with Crippen LogP contribution in [0.4, 0.5) is 10.2 Å². The molecule has 0 spiro atoms. The Bertz CT molecular complexity index is 336. The van der Waals surface area contributed by atoms with Crippen LogP contribution >= 0.6 is 0 Å². The number of nitrogens with zero attached hydrogens (tertiary/aromatic N) is 1. The number of nitrogens with one attached hydrogen (secondary N) is 1. The summed E-state index contributed by atoms with van der Waals surface area (Å²) in [5.74, 6) is -3.40. The number of carbonyl (C=O) groups excluding carboxylic acids is 1. The van der Waals surface area contributed by atoms with E-state index in [1.807, 2.05) is 5.32 Å². The van der Waals surface area contributed by atoms with Gasteiger partial charge in [0.25, 0.3) is 0 Å². The Morgan fingerprint density at radius 1 is 1.46 bits per heavy atom. The van der Waals surface area contributed by atoms with E-state index in [2.05, 4.69) is 4.98 Å². The Morgan fingerprint density at radius 3 is 2.62 bits per heavy atom. The molecule has 0 unspecified atom stereocenters. The fourth-order valence-corrected chi connectivity index (χ4v) is 0.620. The Kier molecular flexibility index (Phi) is 2.53. The van der Waals surface area contributed by atoms with E-state index in [1.54, 1.807) is 0 Å². The van der Waals surface area contributed by atoms with Crippen molar-refractivity contribution in [3.63, 3.8) is 0 Å². The molecule has 0 radical (unpaired) electrons. The zero-order chi connectivity index (χ0) is 9.84. The summed E-state index contributed by atoms with van der Waals surface area (Å²) < 4.78 is 12.3. The second-order valence-electron chi connectivity index (χ2n) is 2.12. The minimum Gasteiger partial charge on any atom is -0.474 e. The molecule has 5 nitrogen and oxygen atoms in total. The SMILES string of the molecule is O=C(O)C(=O)Nc1ccc(F)cn1. The van der Waals surface area contributed by atoms with Crippen LogP contribution in [0.5, 0.6) is 0 Å². The van der Waals surface area contributed by atoms with E-state index in [9.17, 15) is 14.0 Å². The summed E-state index contributed by atoms with van der Waals surface area (Å²) in [5.41, 5.74) is 0. The van der Waals surface area contributed by atoms with Crippen molar-refractivity contribution in [2.75, 3.05) is 5.32 Å². The number of hydrogen-bond acceptors (Lipinski definition) is 3. The maximum absolute atomic E-state index is 12.3. The number of amides is 1. The molecular weight excluding hydrogens is 179 g/mol. The highest BCUT2D eigenvalue weighted by Crippen LogP contribution is 2.02. The Hall–Kier alpha value is -1.98. The van der Waals surface area contributed by atoms with E-state index in [4.69, 9.17) is 5.11 Å². The first kappa shape index (κ1) is 9.11. The molecule has 1 heterocycles. The second-order valence-corrected chi connectivity index (χ2v) is 2.12. The van der Waals surface area contributed by atoms with Crippen molar-refractivity contribution < 1.29 is 19.1 Å². The molecule has 1 aromatic rings. The van der Waals surface area contributed by atoms with Crippen LogP contribution in [0.2, 0.25) is 0 Å². The third-order valence-electron chi connectivity index (χ3n) is 1.16. The largest absolute Gasteiger partial charge is 0.474 e. The van der Waals surface area contributed by atoms with Gasteiger partial charge >= 0.3 is 11.9 Å². The van der Waals surface area contributed by atoms with Crippen LogP contribution in [-0.2, 0) is 9.59 Å². The zero-order valence-corrected chi connectivity index (χ0v) is 6.32. The lowest BCUT2D eigenvalue weighted by Crippen LogP contribution is -2.22. The fraction of sp³-hybridized carbons (Fsp3) is 0. The van der Waals surface area contributed by atoms with Crippen LogP contribution in [0.25, 0.3) is 0 Å². The predicted molar refractivity (Wildman–Crippen MR) is 40.5 cm³/mol. The topological polar surface area (TPSA) is 79.3 Å². The van der Waals surface area contributed by atoms with E-state index >= 15 is 0 Å². The second kappa shape index (κ2) is 3.61. The number of carboxylic acid groups (broad SMARTS) is 1. The van der Waals surface area contributed by atoms with E-state index in [0.29, 0.717) is 0 Å². The average molecular weight is 184 g/mol. The standard InChI is InChI=1S/C7H5FN2O3/c8-4-1-2-5(9-3-4)10-6(11)7(12)13/h1-3H,(H,12,13)(H,9,10,11). The first-order chi connectivity index (χ1) is 6.09. The first-order valence-corrected chi connectivity index (χ1v) is 3.25. The van der Waals surface area contributed by atoms with Gasteiger partial charge < -0.3 is 10.4 Å². The van der Waals surface area contributed by atoms with Crippen molar-refractivity contribution >= 4 is 17.7 Å². The van der Waals surface area contributed by atoms with Gasteiger partial charge in [-0.05, 0) is 12.1 Å². The summed E-state index contributed by atoms with van der Waals surface area (Å²) in [7, 11) is 0. The van der Waals surface area contributed by atoms with Crippen molar-refractivity contribution in [3.8, 4) is 0 Å². The van der Waals surface area contributed by atoms with Gasteiger partial charge in [0, 0.05) is 0 Å². The molecule has 0 bridgehead atoms. The zero-order valence-electron chi connectivity index (χ0n) is 6.32. The number of carbonyl (C=O) groups is 2. The summed E-state index contributed by atoms with van der Waals surface area (Å²) in [6, 6.07) is 2.22. The van der Waals surface area contributed by atoms with Crippen molar-refractivity contribution in [1.82, 2.24) is 4.98 Å². The summed E-state index contributed by atoms with van der Waals surface area (Å²) in [6.07, 6.45) is 0.872. The molecule has 0 atom stereocenters. The number of aromatic nitrogens is 1. The normalized spacial score (nSPS) is 9.31. The highest BCUT2D eigenvalue weighted by Gasteiger charge is 2.11. The van der Waals surface area contributed by atoms with Crippen LogP contribution in [0, 0.1) is 5.82 Å². The number of anilines is 1. The molecule has 13 heavy (non-hydrogen) atoms. The Labute approximate surface area is 72.2 Å². The van der Waals surface area contributed by atoms with E-state index < -0.39 is 17.7 Å². The summed E-state index contributed by atoms with van der Waals surface area (Å²) in [4.78, 5) is 24.0. The molecule has 6 heteroatoms. The Balaban J connectivity index is 2.70. The van der Waals surface area contributed by atoms with Crippen LogP contribution < -0.4 is 5.32 Å². The molecule has 0 aromatic carbocycles. The number of hydrogen-bond donors (Lipinski definition) is 2. The molecule has 1 rings (SSSR count). The summed E-state index contributed by atoms with van der Waals surface area (Å²) >= 11 is 0. The average Bonchev–Trinajstić information content (AvgIpc) is 2.08. The third kappa shape index (κ3) is 2.51. The lowest BCUT2D eigenvalue weighted by Gasteiger charge is -1.98. The minimum atomic E-state index is -1.62. The molecular formula is C7H5FN2O3. The molecule has 0 saturated carbocycles. The van der Waals surface area contributed by atoms with E-state index in [0.717, 1.165) is 18.3 Å². The molecule has 2 N–H and O–H groups in total. The van der Waals surface area contributed by atoms with Gasteiger partial charge in [-0.1, -0.05) is 0 Å². The lowest BCUT2D eigenvalue weighted by atomic mass is 10.4. The van der Waals surface area contributed by atoms with Crippen molar-refractivity contribution in [3.05, 3.63) is 24.1 Å². The molecule has 0 aliphatic rings. The van der Waals surface area contributed by atoms with E-state index in [-0.39, 0.29) is 5.82 Å². The van der Waals surface area contributed by atoms with Crippen molar-refractivity contribution in [1.29, 1.82) is 0 Å². The van der Waals surface area contributed by atoms with Gasteiger partial charge in [-0.25, -0.2) is 14.2 Å². The number of pyridine rings is 1. The third-order valence-corrected chi connectivity index (χ3v) is 1.16. The molecule has 0 fully saturated rings. The number of carboxylic acids is 1. The highest BCUT2D eigenvalue weighted by atomic mass is 19.1. The van der Waals surface area contributed by atoms with Gasteiger partial charge in [-0.3, -0.25) is 4.79 Å². The van der Waals surface area contributed by atoms with Gasteiger partial charge in [0.05, 0.1) is 6.20 Å². The van der Waals surface area contributed by atoms with Gasteiger partial charge in [-0.2, -0.15) is 0 Å². The highest BCUT2D eigenvalue weighted by molar-refractivity contribution is 6.36. The first-order valence-electron chi connectivity index (χ1n) is 3.25. The molecule has 0 aliphatic heterocycles. The molecule has 1 aromatic heterocycles.